The molecule has 0 radical (unpaired) electrons. The molecule has 1 fully saturated rings. The Labute approximate surface area is 122 Å². The number of rotatable bonds is 6. The number of aliphatic hydroxyl groups is 4. The number of nitrogens with one attached hydrogen (secondary N) is 1. The summed E-state index contributed by atoms with van der Waals surface area (Å²) >= 11 is 0. The molecule has 8 nitrogen and oxygen atoms in total. The summed E-state index contributed by atoms with van der Waals surface area (Å²) in [6.45, 7) is 2.90. The SMILES string of the molecule is CC(C)C(=O)CCC(=O)N[C@@H]1OC(CO)[C@H](O)[C@H](O)C1O. The molecule has 0 aromatic rings. The Morgan fingerprint density at radius 3 is 2.24 bits per heavy atom. The highest BCUT2D eigenvalue weighted by molar-refractivity contribution is 5.86. The summed E-state index contributed by atoms with van der Waals surface area (Å²) in [6.07, 6.45) is -6.85. The van der Waals surface area contributed by atoms with Crippen LogP contribution in [0.4, 0.5) is 0 Å². The second-order valence-corrected chi connectivity index (χ2v) is 5.44. The first-order valence-corrected chi connectivity index (χ1v) is 6.90. The lowest BCUT2D eigenvalue weighted by molar-refractivity contribution is -0.236. The van der Waals surface area contributed by atoms with Gasteiger partial charge in [-0.1, -0.05) is 13.8 Å². The van der Waals surface area contributed by atoms with Crippen molar-refractivity contribution in [1.29, 1.82) is 0 Å². The quantitative estimate of drug-likeness (QED) is 0.379. The van der Waals surface area contributed by atoms with Crippen LogP contribution in [0.15, 0.2) is 0 Å². The van der Waals surface area contributed by atoms with Gasteiger partial charge >= 0.3 is 0 Å². The number of hydrogen-bond acceptors (Lipinski definition) is 7. The molecule has 2 unspecified atom stereocenters. The maximum absolute atomic E-state index is 11.7. The fraction of sp³-hybridized carbons (Fsp3) is 0.846. The minimum absolute atomic E-state index is 0.0565. The lowest BCUT2D eigenvalue weighted by Crippen LogP contribution is -2.63. The minimum atomic E-state index is -1.54. The molecule has 1 heterocycles. The Morgan fingerprint density at radius 1 is 1.10 bits per heavy atom. The number of ketones is 1. The second-order valence-electron chi connectivity index (χ2n) is 5.44. The van der Waals surface area contributed by atoms with E-state index in [2.05, 4.69) is 5.32 Å². The first-order valence-electron chi connectivity index (χ1n) is 6.90. The maximum Gasteiger partial charge on any atom is 0.222 e. The highest BCUT2D eigenvalue weighted by atomic mass is 16.6. The van der Waals surface area contributed by atoms with Crippen molar-refractivity contribution in [3.05, 3.63) is 0 Å². The Hall–Kier alpha value is -1.06. The molecule has 1 rings (SSSR count). The van der Waals surface area contributed by atoms with Gasteiger partial charge in [0.25, 0.3) is 0 Å². The van der Waals surface area contributed by atoms with Gasteiger partial charge in [0.05, 0.1) is 6.61 Å². The van der Waals surface area contributed by atoms with E-state index >= 15 is 0 Å². The van der Waals surface area contributed by atoms with E-state index in [4.69, 9.17) is 9.84 Å². The molecule has 0 aliphatic carbocycles. The molecule has 5 atom stereocenters. The fourth-order valence-electron chi connectivity index (χ4n) is 1.98. The van der Waals surface area contributed by atoms with Crippen molar-refractivity contribution in [3.63, 3.8) is 0 Å². The fourth-order valence-corrected chi connectivity index (χ4v) is 1.98. The molecule has 0 spiro atoms. The monoisotopic (exact) mass is 305 g/mol. The summed E-state index contributed by atoms with van der Waals surface area (Å²) in [5.41, 5.74) is 0. The Morgan fingerprint density at radius 2 is 1.71 bits per heavy atom. The zero-order valence-electron chi connectivity index (χ0n) is 12.1. The third kappa shape index (κ3) is 4.72. The Kier molecular flexibility index (Phi) is 6.69. The topological polar surface area (TPSA) is 136 Å². The third-order valence-corrected chi connectivity index (χ3v) is 3.44. The molecule has 1 saturated heterocycles. The van der Waals surface area contributed by atoms with Gasteiger partial charge in [0.1, 0.15) is 30.2 Å². The molecule has 8 heteroatoms. The molecule has 0 saturated carbocycles. The molecule has 0 bridgehead atoms. The largest absolute Gasteiger partial charge is 0.394 e. The highest BCUT2D eigenvalue weighted by Gasteiger charge is 2.43. The van der Waals surface area contributed by atoms with E-state index < -0.39 is 43.2 Å². The van der Waals surface area contributed by atoms with Crippen molar-refractivity contribution in [1.82, 2.24) is 5.32 Å². The molecular formula is C13H23NO7. The van der Waals surface area contributed by atoms with E-state index in [9.17, 15) is 24.9 Å². The van der Waals surface area contributed by atoms with E-state index in [1.54, 1.807) is 13.8 Å². The number of carbonyl (C=O) groups is 2. The van der Waals surface area contributed by atoms with Crippen molar-refractivity contribution >= 4 is 11.7 Å². The predicted molar refractivity (Wildman–Crippen MR) is 71.0 cm³/mol. The first kappa shape index (κ1) is 18.0. The van der Waals surface area contributed by atoms with E-state index in [1.165, 1.54) is 0 Å². The Bertz CT molecular complexity index is 372. The van der Waals surface area contributed by atoms with Crippen molar-refractivity contribution in [2.75, 3.05) is 6.61 Å². The first-order chi connectivity index (χ1) is 9.77. The highest BCUT2D eigenvalue weighted by Crippen LogP contribution is 2.19. The normalized spacial score (nSPS) is 33.0. The van der Waals surface area contributed by atoms with Crippen LogP contribution < -0.4 is 5.32 Å². The summed E-state index contributed by atoms with van der Waals surface area (Å²) in [6, 6.07) is 0. The van der Waals surface area contributed by atoms with Crippen LogP contribution in [0.3, 0.4) is 0 Å². The summed E-state index contributed by atoms with van der Waals surface area (Å²) in [7, 11) is 0. The van der Waals surface area contributed by atoms with Crippen molar-refractivity contribution in [2.45, 2.75) is 57.3 Å². The van der Waals surface area contributed by atoms with E-state index in [0.29, 0.717) is 0 Å². The van der Waals surface area contributed by atoms with E-state index in [1.807, 2.05) is 0 Å². The van der Waals surface area contributed by atoms with Gasteiger partial charge in [0.2, 0.25) is 5.91 Å². The maximum atomic E-state index is 11.7. The van der Waals surface area contributed by atoms with Crippen LogP contribution in [0.1, 0.15) is 26.7 Å². The van der Waals surface area contributed by atoms with Gasteiger partial charge in [-0.2, -0.15) is 0 Å². The van der Waals surface area contributed by atoms with Gasteiger partial charge in [0.15, 0.2) is 6.23 Å². The van der Waals surface area contributed by atoms with Crippen LogP contribution in [0.5, 0.6) is 0 Å². The van der Waals surface area contributed by atoms with Crippen LogP contribution in [-0.4, -0.2) is 69.4 Å². The molecular weight excluding hydrogens is 282 g/mol. The molecule has 5 N–H and O–H groups in total. The number of carbonyl (C=O) groups excluding carboxylic acids is 2. The van der Waals surface area contributed by atoms with Gasteiger partial charge in [-0.05, 0) is 0 Å². The number of Topliss-reactive ketones (excluding diaryl/α,β-unsaturated/α-hetero) is 1. The molecule has 21 heavy (non-hydrogen) atoms. The van der Waals surface area contributed by atoms with Crippen LogP contribution in [-0.2, 0) is 14.3 Å². The summed E-state index contributed by atoms with van der Waals surface area (Å²) in [4.78, 5) is 23.1. The Balaban J connectivity index is 2.52. The standard InChI is InChI=1S/C13H23NO7/c1-6(2)7(16)3-4-9(17)14-13-12(20)11(19)10(18)8(5-15)21-13/h6,8,10-13,15,18-20H,3-5H2,1-2H3,(H,14,17)/t8?,10-,11-,12?,13+/m0/s1. The molecule has 0 aromatic carbocycles. The van der Waals surface area contributed by atoms with Gasteiger partial charge < -0.3 is 30.5 Å². The van der Waals surface area contributed by atoms with Gasteiger partial charge in [-0.3, -0.25) is 9.59 Å². The third-order valence-electron chi connectivity index (χ3n) is 3.44. The summed E-state index contributed by atoms with van der Waals surface area (Å²) in [5, 5.41) is 40.3. The van der Waals surface area contributed by atoms with Gasteiger partial charge in [-0.25, -0.2) is 0 Å². The van der Waals surface area contributed by atoms with Crippen molar-refractivity contribution in [3.8, 4) is 0 Å². The summed E-state index contributed by atoms with van der Waals surface area (Å²) < 4.78 is 5.13. The molecule has 1 aliphatic rings. The lowest BCUT2D eigenvalue weighted by atomic mass is 9.98. The summed E-state index contributed by atoms with van der Waals surface area (Å²) in [5.74, 6) is -0.739. The number of hydrogen-bond donors (Lipinski definition) is 5. The predicted octanol–water partition coefficient (Wildman–Crippen LogP) is -2.09. The van der Waals surface area contributed by atoms with Crippen LogP contribution in [0.2, 0.25) is 0 Å². The molecule has 0 aromatic heterocycles. The zero-order chi connectivity index (χ0) is 16.2. The zero-order valence-corrected chi connectivity index (χ0v) is 12.1. The average Bonchev–Trinajstić information content (AvgIpc) is 2.45. The van der Waals surface area contributed by atoms with Crippen molar-refractivity contribution in [2.24, 2.45) is 5.92 Å². The minimum Gasteiger partial charge on any atom is -0.394 e. The van der Waals surface area contributed by atoms with Crippen molar-refractivity contribution < 1.29 is 34.8 Å². The lowest BCUT2D eigenvalue weighted by Gasteiger charge is -2.40. The molecule has 1 amide bonds. The van der Waals surface area contributed by atoms with Crippen LogP contribution in [0.25, 0.3) is 0 Å². The van der Waals surface area contributed by atoms with Crippen LogP contribution >= 0.6 is 0 Å². The molecule has 122 valence electrons. The second kappa shape index (κ2) is 7.81. The van der Waals surface area contributed by atoms with Gasteiger partial charge in [-0.15, -0.1) is 0 Å². The number of ether oxygens (including phenoxy) is 1. The number of aliphatic hydroxyl groups excluding tert-OH is 4. The number of amides is 1. The average molecular weight is 305 g/mol. The smallest absolute Gasteiger partial charge is 0.222 e. The van der Waals surface area contributed by atoms with E-state index in [0.717, 1.165) is 0 Å². The van der Waals surface area contributed by atoms with E-state index in [-0.39, 0.29) is 24.5 Å². The van der Waals surface area contributed by atoms with Gasteiger partial charge in [0, 0.05) is 18.8 Å². The molecule has 1 aliphatic heterocycles. The van der Waals surface area contributed by atoms with Crippen LogP contribution in [0, 0.1) is 5.92 Å².